The van der Waals surface area contributed by atoms with Crippen LogP contribution in [0, 0.1) is 0 Å². The lowest BCUT2D eigenvalue weighted by molar-refractivity contribution is -0.159. The average molecular weight is 2110 g/mol. The number of nitrogens with zero attached hydrogens (tertiary/aromatic N) is 5. The zero-order chi connectivity index (χ0) is 109. The van der Waals surface area contributed by atoms with Gasteiger partial charge in [-0.25, -0.2) is 33.6 Å². The second-order valence-corrected chi connectivity index (χ2v) is 35.7. The van der Waals surface area contributed by atoms with Crippen LogP contribution in [-0.4, -0.2) is 244 Å². The lowest BCUT2D eigenvalue weighted by Gasteiger charge is -2.29. The highest BCUT2D eigenvalue weighted by Gasteiger charge is 2.27. The third-order valence-corrected chi connectivity index (χ3v) is 26.0. The lowest BCUT2D eigenvalue weighted by atomic mass is 10.2. The van der Waals surface area contributed by atoms with Gasteiger partial charge in [0.2, 0.25) is 41.4 Å². The number of carbonyl (C=O) groups excluding carboxylic acids is 14. The molecule has 0 bridgehead atoms. The van der Waals surface area contributed by atoms with Crippen LogP contribution in [0.25, 0.3) is 80.7 Å². The van der Waals surface area contributed by atoms with Gasteiger partial charge in [0.1, 0.15) is 62.5 Å². The molecule has 12 rings (SSSR count). The molecule has 39 heteroatoms. The van der Waals surface area contributed by atoms with Crippen molar-refractivity contribution >= 4 is 209 Å². The molecule has 4 heterocycles. The molecular weight excluding hydrogens is 2010 g/mol. The second-order valence-electron chi connectivity index (χ2n) is 31.4. The predicted molar refractivity (Wildman–Crippen MR) is 578 cm³/mol. The molecule has 2 N–H and O–H groups in total. The highest BCUT2D eigenvalue weighted by molar-refractivity contribution is 7.25. The van der Waals surface area contributed by atoms with Crippen molar-refractivity contribution in [3.8, 4) is 23.0 Å². The highest BCUT2D eigenvalue weighted by atomic mass is 32.1. The molecule has 3 atom stereocenters. The van der Waals surface area contributed by atoms with E-state index in [1.807, 2.05) is 66.7 Å². The topological polar surface area (TPSA) is 440 Å². The van der Waals surface area contributed by atoms with Crippen LogP contribution in [0.5, 0.6) is 23.0 Å². The number of ether oxygens (including phenoxy) is 10. The van der Waals surface area contributed by atoms with Crippen LogP contribution >= 0.6 is 45.3 Å². The Kier molecular flexibility index (Phi) is 45.7. The fraction of sp³-hybridized carbons (Fsp3) is 0.189. The highest BCUT2D eigenvalue weighted by Crippen LogP contribution is 2.33. The SMILES string of the molecule is C=CC(=O)NCCN(CCN(CC(=O)Oc1ccc2sc3ccccc3c(=O)c2c1)C(=O)C=C)C(=O)C=C.C=CC(=O)NCCN(CCN(CCN(CC(=O)Oc1ccc2sc3ccccc3c(=O)c2c1)C(=O)C=C)C(=O)C=C)C(=O)C=C.C=CC(=O)OCC(COCC(COc1ccc2sc3ccccc3c(=O)c2c1)OC(=O)C=C)OC(=O)C=C.C=CC(=O)OCC(COc1ccc2sc3ccccc3c(=O)c2c1)OC(=O)C=C. The summed E-state index contributed by atoms with van der Waals surface area (Å²) in [6.07, 6.45) is 10.00. The van der Waals surface area contributed by atoms with Crippen LogP contribution in [0.4, 0.5) is 0 Å². The van der Waals surface area contributed by atoms with E-state index in [9.17, 15) is 86.3 Å². The van der Waals surface area contributed by atoms with Crippen LogP contribution in [0.2, 0.25) is 0 Å². The molecule has 776 valence electrons. The van der Waals surface area contributed by atoms with Crippen LogP contribution < -0.4 is 51.3 Å². The minimum atomic E-state index is -0.937. The Balaban J connectivity index is 0.000000224. The third-order valence-electron chi connectivity index (χ3n) is 21.4. The number of hydrogen-bond donors (Lipinski definition) is 2. The summed E-state index contributed by atoms with van der Waals surface area (Å²) < 4.78 is 60.1. The van der Waals surface area contributed by atoms with E-state index in [-0.39, 0.29) is 150 Å². The van der Waals surface area contributed by atoms with Crippen LogP contribution in [0.1, 0.15) is 0 Å². The number of esters is 7. The van der Waals surface area contributed by atoms with Crippen molar-refractivity contribution in [2.45, 2.75) is 18.3 Å². The van der Waals surface area contributed by atoms with E-state index in [2.05, 4.69) is 89.6 Å². The van der Waals surface area contributed by atoms with Gasteiger partial charge < -0.3 is 82.5 Å². The standard InChI is InChI=1S/C33H34N4O7S.C28H27N3O6S.C28H26O9S.C22H18O6S/c1-5-28(38)34-15-16-35(29(39)6-2)17-18-36(30(40)7-3)19-20-37(31(41)8-4)22-32(42)44-23-13-14-27-25(21-23)33(43)24-11-9-10-12-26(24)45-27;1-4-24(32)29-13-14-30(25(33)5-2)15-16-31(26(34)6-3)18-27(35)37-19-11-12-23-21(17-19)28(36)20-9-7-8-10-22(20)38-23;1-4-25(29)35-17-20(37-27(31)6-3)15-33-14-19(36-26(30)5-2)16-34-18-11-12-24-22(13-18)28(32)21-9-7-8-10-23(21)38-24;1-3-20(23)27-13-15(28-21(24)4-2)12-26-14-9-10-19-17(11-14)22(25)16-7-5-6-8-18(16)29-19/h5-14,21H,1-4,15-20,22H2,(H,34,38);4-12,17H,1-3,13-16,18H2,(H,29,32);4-13,19-20H,1-3,14-17H2;3-11,15H,1-2,12-13H2. The molecule has 4 aromatic heterocycles. The van der Waals surface area contributed by atoms with E-state index < -0.39 is 103 Å². The van der Waals surface area contributed by atoms with Gasteiger partial charge in [0.15, 0.2) is 40.0 Å². The van der Waals surface area contributed by atoms with Gasteiger partial charge in [0.05, 0.1) is 13.2 Å². The maximum absolute atomic E-state index is 13.0. The number of rotatable bonds is 50. The molecule has 0 saturated heterocycles. The van der Waals surface area contributed by atoms with Gasteiger partial charge in [-0.2, -0.15) is 0 Å². The average Bonchev–Trinajstić information content (AvgIpc) is 0.788. The fourth-order valence-electron chi connectivity index (χ4n) is 13.9. The molecular formula is C111H105N7O28S4. The number of fused-ring (bicyclic) bond motifs is 8. The van der Waals surface area contributed by atoms with Crippen LogP contribution in [0.15, 0.2) is 341 Å². The Bertz CT molecular complexity index is 7490. The molecule has 12 aromatic rings. The van der Waals surface area contributed by atoms with Gasteiger partial charge >= 0.3 is 41.8 Å². The van der Waals surface area contributed by atoms with E-state index >= 15 is 0 Å². The lowest BCUT2D eigenvalue weighted by Crippen LogP contribution is -2.46. The summed E-state index contributed by atoms with van der Waals surface area (Å²) in [5.74, 6) is -6.83. The zero-order valence-electron chi connectivity index (χ0n) is 81.3. The van der Waals surface area contributed by atoms with Crippen molar-refractivity contribution < 1.29 is 114 Å². The molecule has 0 aliphatic rings. The maximum atomic E-state index is 13.0. The first kappa shape index (κ1) is 116. The third kappa shape index (κ3) is 34.5. The van der Waals surface area contributed by atoms with Crippen molar-refractivity contribution in [3.63, 3.8) is 0 Å². The molecule has 0 aliphatic carbocycles. The van der Waals surface area contributed by atoms with Crippen LogP contribution in [-0.2, 0) is 95.5 Å². The Morgan fingerprint density at radius 2 is 0.513 bits per heavy atom. The minimum absolute atomic E-state index is 0.00497. The molecule has 35 nitrogen and oxygen atoms in total. The molecule has 150 heavy (non-hydrogen) atoms. The predicted octanol–water partition coefficient (Wildman–Crippen LogP) is 12.7. The largest absolute Gasteiger partial charge is 0.490 e. The van der Waals surface area contributed by atoms with Crippen molar-refractivity contribution in [2.24, 2.45) is 0 Å². The number of hydrogen-bond acceptors (Lipinski definition) is 32. The maximum Gasteiger partial charge on any atom is 0.331 e. The van der Waals surface area contributed by atoms with Gasteiger partial charge in [-0.1, -0.05) is 127 Å². The summed E-state index contributed by atoms with van der Waals surface area (Å²) in [6, 6.07) is 49.3. The number of carbonyl (C=O) groups is 14. The summed E-state index contributed by atoms with van der Waals surface area (Å²) in [7, 11) is 0. The molecule has 0 radical (unpaired) electrons. The van der Waals surface area contributed by atoms with E-state index in [1.165, 1.54) is 82.0 Å². The van der Waals surface area contributed by atoms with E-state index in [1.54, 1.807) is 91.0 Å². The van der Waals surface area contributed by atoms with Crippen molar-refractivity contribution in [1.29, 1.82) is 0 Å². The summed E-state index contributed by atoms with van der Waals surface area (Å²) in [5.41, 5.74) is -0.515. The molecule has 3 unspecified atom stereocenters. The van der Waals surface area contributed by atoms with Gasteiger partial charge in [0, 0.05) is 177 Å². The molecule has 0 aliphatic heterocycles. The van der Waals surface area contributed by atoms with Crippen LogP contribution in [0.3, 0.4) is 0 Å². The normalized spacial score (nSPS) is 11.1. The number of nitrogens with one attached hydrogen (secondary N) is 2. The summed E-state index contributed by atoms with van der Waals surface area (Å²) in [5, 5.41) is 9.48. The summed E-state index contributed by atoms with van der Waals surface area (Å²) >= 11 is 5.93. The Morgan fingerprint density at radius 1 is 0.267 bits per heavy atom. The quantitative estimate of drug-likeness (QED) is 0.0118. The summed E-state index contributed by atoms with van der Waals surface area (Å²) in [6.45, 7) is 39.9. The first-order valence-corrected chi connectivity index (χ1v) is 49.0. The first-order chi connectivity index (χ1) is 72.2. The Morgan fingerprint density at radius 3 is 0.800 bits per heavy atom. The summed E-state index contributed by atoms with van der Waals surface area (Å²) in [4.78, 5) is 226. The van der Waals surface area contributed by atoms with Gasteiger partial charge in [-0.15, -0.1) is 45.3 Å². The molecule has 0 spiro atoms. The monoisotopic (exact) mass is 2110 g/mol. The van der Waals surface area contributed by atoms with Gasteiger partial charge in [-0.3, -0.25) is 52.7 Å². The number of benzene rings is 8. The zero-order valence-corrected chi connectivity index (χ0v) is 84.6. The van der Waals surface area contributed by atoms with E-state index in [0.717, 1.165) is 111 Å². The first-order valence-electron chi connectivity index (χ1n) is 45.8. The van der Waals surface area contributed by atoms with Crippen molar-refractivity contribution in [3.05, 3.63) is 363 Å². The molecule has 0 saturated carbocycles. The minimum Gasteiger partial charge on any atom is -0.490 e. The van der Waals surface area contributed by atoms with Crippen molar-refractivity contribution in [1.82, 2.24) is 35.1 Å². The molecule has 0 fully saturated rings. The van der Waals surface area contributed by atoms with E-state index in [4.69, 9.17) is 47.4 Å². The Labute approximate surface area is 875 Å². The number of amides is 7. The Hall–Kier alpha value is -17.7. The molecule has 8 aromatic carbocycles. The fourth-order valence-corrected chi connectivity index (χ4v) is 18.1. The van der Waals surface area contributed by atoms with Crippen molar-refractivity contribution in [2.75, 3.05) is 118 Å². The van der Waals surface area contributed by atoms with Gasteiger partial charge in [-0.05, 0) is 164 Å². The smallest absolute Gasteiger partial charge is 0.331 e. The van der Waals surface area contributed by atoms with E-state index in [0.29, 0.717) is 54.6 Å². The van der Waals surface area contributed by atoms with Gasteiger partial charge in [0.25, 0.3) is 0 Å². The molecule has 7 amide bonds. The second kappa shape index (κ2) is 59.1.